The normalized spacial score (nSPS) is 47.0. The first-order valence-electron chi connectivity index (χ1n) is 3.63. The van der Waals surface area contributed by atoms with Gasteiger partial charge in [-0.3, -0.25) is 0 Å². The summed E-state index contributed by atoms with van der Waals surface area (Å²) >= 11 is 0. The molecule has 0 radical (unpaired) electrons. The fraction of sp³-hybridized carbons (Fsp3) is 1.00. The Balaban J connectivity index is 1.81. The van der Waals surface area contributed by atoms with Gasteiger partial charge in [0, 0.05) is 13.7 Å². The molecule has 0 aromatic heterocycles. The van der Waals surface area contributed by atoms with Crippen LogP contribution in [0.25, 0.3) is 0 Å². The van der Waals surface area contributed by atoms with Gasteiger partial charge in [-0.05, 0) is 30.8 Å². The predicted molar refractivity (Wildman–Crippen MR) is 35.2 cm³/mol. The Kier molecular flexibility index (Phi) is 1.24. The monoisotopic (exact) mass is 127 g/mol. The maximum atomic E-state index is 5.07. The van der Waals surface area contributed by atoms with Crippen LogP contribution in [0, 0.1) is 17.8 Å². The minimum absolute atomic E-state index is 0.899. The van der Waals surface area contributed by atoms with E-state index in [-0.39, 0.29) is 0 Å². The minimum Gasteiger partial charge on any atom is -0.384 e. The van der Waals surface area contributed by atoms with Crippen molar-refractivity contribution in [3.05, 3.63) is 0 Å². The number of hydrogen-bond donors (Lipinski definition) is 1. The van der Waals surface area contributed by atoms with E-state index in [9.17, 15) is 0 Å². The maximum absolute atomic E-state index is 5.07. The molecule has 1 heterocycles. The Labute approximate surface area is 55.6 Å². The molecule has 0 unspecified atom stereocenters. The van der Waals surface area contributed by atoms with Gasteiger partial charge in [0.1, 0.15) is 0 Å². The molecule has 1 aliphatic heterocycles. The summed E-state index contributed by atoms with van der Waals surface area (Å²) in [4.78, 5) is 0. The average molecular weight is 127 g/mol. The zero-order valence-electron chi connectivity index (χ0n) is 5.76. The summed E-state index contributed by atoms with van der Waals surface area (Å²) in [5.74, 6) is 2.83. The van der Waals surface area contributed by atoms with Gasteiger partial charge in [0.15, 0.2) is 0 Å². The lowest BCUT2D eigenvalue weighted by atomic mass is 10.3. The first-order valence-corrected chi connectivity index (χ1v) is 3.63. The lowest BCUT2D eigenvalue weighted by molar-refractivity contribution is 0.175. The van der Waals surface area contributed by atoms with Crippen LogP contribution in [0.15, 0.2) is 0 Å². The maximum Gasteiger partial charge on any atom is 0.0496 e. The third-order valence-corrected chi connectivity index (χ3v) is 2.63. The first kappa shape index (κ1) is 5.69. The van der Waals surface area contributed by atoms with Crippen LogP contribution in [0.4, 0.5) is 0 Å². The SMILES string of the molecule is COCC1[C@@H]2CNC[C@@H]12. The Hall–Kier alpha value is -0.0800. The molecule has 52 valence electrons. The highest BCUT2D eigenvalue weighted by Crippen LogP contribution is 2.48. The summed E-state index contributed by atoms with van der Waals surface area (Å²) in [5, 5.41) is 3.35. The van der Waals surface area contributed by atoms with E-state index in [1.807, 2.05) is 0 Å². The Bertz CT molecular complexity index is 105. The Morgan fingerprint density at radius 2 is 2.11 bits per heavy atom. The molecular weight excluding hydrogens is 114 g/mol. The molecule has 0 bridgehead atoms. The second kappa shape index (κ2) is 1.96. The zero-order chi connectivity index (χ0) is 6.27. The van der Waals surface area contributed by atoms with Gasteiger partial charge in [0.05, 0.1) is 0 Å². The van der Waals surface area contributed by atoms with Crippen LogP contribution >= 0.6 is 0 Å². The predicted octanol–water partition coefficient (Wildman–Crippen LogP) is 0.0982. The van der Waals surface area contributed by atoms with E-state index in [2.05, 4.69) is 5.32 Å². The van der Waals surface area contributed by atoms with Gasteiger partial charge in [-0.1, -0.05) is 0 Å². The summed E-state index contributed by atoms with van der Waals surface area (Å²) in [5.41, 5.74) is 0. The molecule has 2 nitrogen and oxygen atoms in total. The van der Waals surface area contributed by atoms with Gasteiger partial charge in [-0.15, -0.1) is 0 Å². The van der Waals surface area contributed by atoms with Crippen LogP contribution in [-0.4, -0.2) is 26.8 Å². The molecule has 9 heavy (non-hydrogen) atoms. The molecule has 1 N–H and O–H groups in total. The van der Waals surface area contributed by atoms with Crippen LogP contribution < -0.4 is 5.32 Å². The van der Waals surface area contributed by atoms with Crippen LogP contribution in [0.2, 0.25) is 0 Å². The van der Waals surface area contributed by atoms with Crippen molar-refractivity contribution in [1.29, 1.82) is 0 Å². The number of fused-ring (bicyclic) bond motifs is 1. The average Bonchev–Trinajstić information content (AvgIpc) is 2.39. The molecule has 2 rings (SSSR count). The summed E-state index contributed by atoms with van der Waals surface area (Å²) in [7, 11) is 1.79. The van der Waals surface area contributed by atoms with E-state index in [4.69, 9.17) is 4.74 Å². The molecule has 1 saturated heterocycles. The third-order valence-electron chi connectivity index (χ3n) is 2.63. The first-order chi connectivity index (χ1) is 4.43. The highest BCUT2D eigenvalue weighted by atomic mass is 16.5. The van der Waals surface area contributed by atoms with Gasteiger partial charge >= 0.3 is 0 Å². The number of piperidine rings is 1. The molecule has 0 amide bonds. The van der Waals surface area contributed by atoms with E-state index in [0.29, 0.717) is 0 Å². The van der Waals surface area contributed by atoms with E-state index >= 15 is 0 Å². The topological polar surface area (TPSA) is 21.3 Å². The number of methoxy groups -OCH3 is 1. The highest BCUT2D eigenvalue weighted by molar-refractivity contribution is 5.03. The van der Waals surface area contributed by atoms with E-state index in [0.717, 1.165) is 24.4 Å². The molecule has 2 atom stereocenters. The van der Waals surface area contributed by atoms with Crippen LogP contribution in [-0.2, 0) is 4.74 Å². The summed E-state index contributed by atoms with van der Waals surface area (Å²) in [6.45, 7) is 3.45. The third kappa shape index (κ3) is 0.775. The minimum atomic E-state index is 0.899. The summed E-state index contributed by atoms with van der Waals surface area (Å²) < 4.78 is 5.07. The molecule has 0 spiro atoms. The number of hydrogen-bond acceptors (Lipinski definition) is 2. The van der Waals surface area contributed by atoms with E-state index in [1.165, 1.54) is 13.1 Å². The van der Waals surface area contributed by atoms with Crippen LogP contribution in [0.5, 0.6) is 0 Å². The van der Waals surface area contributed by atoms with Crippen molar-refractivity contribution in [3.63, 3.8) is 0 Å². The molecular formula is C7H13NO. The van der Waals surface area contributed by atoms with Gasteiger partial charge in [0.2, 0.25) is 0 Å². The molecule has 0 aromatic rings. The second-order valence-electron chi connectivity index (χ2n) is 3.11. The van der Waals surface area contributed by atoms with E-state index in [1.54, 1.807) is 7.11 Å². The van der Waals surface area contributed by atoms with E-state index < -0.39 is 0 Å². The van der Waals surface area contributed by atoms with Crippen molar-refractivity contribution in [2.45, 2.75) is 0 Å². The van der Waals surface area contributed by atoms with Gasteiger partial charge < -0.3 is 10.1 Å². The molecule has 2 fully saturated rings. The zero-order valence-corrected chi connectivity index (χ0v) is 5.76. The van der Waals surface area contributed by atoms with Gasteiger partial charge in [0.25, 0.3) is 0 Å². The van der Waals surface area contributed by atoms with Crippen molar-refractivity contribution in [2.75, 3.05) is 26.8 Å². The fourth-order valence-electron chi connectivity index (χ4n) is 1.99. The van der Waals surface area contributed by atoms with Crippen molar-refractivity contribution < 1.29 is 4.74 Å². The molecule has 1 aliphatic carbocycles. The van der Waals surface area contributed by atoms with Crippen molar-refractivity contribution >= 4 is 0 Å². The summed E-state index contributed by atoms with van der Waals surface area (Å²) in [6.07, 6.45) is 0. The quantitative estimate of drug-likeness (QED) is 0.568. The number of rotatable bonds is 2. The van der Waals surface area contributed by atoms with Gasteiger partial charge in [-0.25, -0.2) is 0 Å². The smallest absolute Gasteiger partial charge is 0.0496 e. The van der Waals surface area contributed by atoms with Crippen molar-refractivity contribution in [2.24, 2.45) is 17.8 Å². The van der Waals surface area contributed by atoms with Crippen LogP contribution in [0.3, 0.4) is 0 Å². The molecule has 0 aromatic carbocycles. The van der Waals surface area contributed by atoms with Crippen molar-refractivity contribution in [1.82, 2.24) is 5.32 Å². The molecule has 2 aliphatic rings. The standard InChI is InChI=1S/C7H13NO/c1-9-4-7-5-2-8-3-6(5)7/h5-8H,2-4H2,1H3/t5-,6-/m1/s1. The Morgan fingerprint density at radius 3 is 2.67 bits per heavy atom. The molecule has 2 heteroatoms. The highest BCUT2D eigenvalue weighted by Gasteiger charge is 2.52. The van der Waals surface area contributed by atoms with Crippen molar-refractivity contribution in [3.8, 4) is 0 Å². The van der Waals surface area contributed by atoms with Gasteiger partial charge in [-0.2, -0.15) is 0 Å². The number of ether oxygens (including phenoxy) is 1. The lowest BCUT2D eigenvalue weighted by Gasteiger charge is -2.00. The molecule has 1 saturated carbocycles. The fourth-order valence-corrected chi connectivity index (χ4v) is 1.99. The number of nitrogens with one attached hydrogen (secondary N) is 1. The lowest BCUT2D eigenvalue weighted by Crippen LogP contribution is -2.16. The van der Waals surface area contributed by atoms with Crippen LogP contribution in [0.1, 0.15) is 0 Å². The summed E-state index contributed by atoms with van der Waals surface area (Å²) in [6, 6.07) is 0. The second-order valence-corrected chi connectivity index (χ2v) is 3.11. The largest absolute Gasteiger partial charge is 0.384 e. The Morgan fingerprint density at radius 1 is 1.44 bits per heavy atom.